The molecule has 4 nitrogen and oxygen atoms in total. The molecular formula is C16H25NO3S. The topological polar surface area (TPSA) is 58.6 Å². The summed E-state index contributed by atoms with van der Waals surface area (Å²) in [4.78, 5) is 12.5. The van der Waals surface area contributed by atoms with Gasteiger partial charge < -0.3 is 4.74 Å². The van der Waals surface area contributed by atoms with Gasteiger partial charge in [-0.15, -0.1) is 11.8 Å². The van der Waals surface area contributed by atoms with Crippen LogP contribution < -0.4 is 10.2 Å². The highest BCUT2D eigenvalue weighted by Crippen LogP contribution is 2.30. The van der Waals surface area contributed by atoms with Crippen LogP contribution in [0.4, 0.5) is 0 Å². The largest absolute Gasteiger partial charge is 0.497 e. The number of carbonyl (C=O) groups excluding carboxylic acids is 1. The lowest BCUT2D eigenvalue weighted by molar-refractivity contribution is -0.129. The van der Waals surface area contributed by atoms with Gasteiger partial charge in [0.05, 0.1) is 7.11 Å². The molecule has 0 spiro atoms. The first kappa shape index (κ1) is 17.9. The minimum absolute atomic E-state index is 0.183. The quantitative estimate of drug-likeness (QED) is 0.296. The van der Waals surface area contributed by atoms with Crippen LogP contribution in [-0.2, 0) is 4.79 Å². The van der Waals surface area contributed by atoms with Crippen molar-refractivity contribution in [1.29, 1.82) is 0 Å². The lowest BCUT2D eigenvalue weighted by Crippen LogP contribution is -2.23. The number of rotatable bonds is 10. The Bertz CT molecular complexity index is 408. The van der Waals surface area contributed by atoms with E-state index >= 15 is 0 Å². The van der Waals surface area contributed by atoms with Gasteiger partial charge in [-0.05, 0) is 30.7 Å². The molecule has 0 aliphatic carbocycles. The third-order valence-electron chi connectivity index (χ3n) is 3.28. The maximum atomic E-state index is 11.4. The molecule has 0 aromatic heterocycles. The number of hydrogen-bond donors (Lipinski definition) is 2. The number of amides is 1. The van der Waals surface area contributed by atoms with Gasteiger partial charge in [0.15, 0.2) is 0 Å². The molecule has 21 heavy (non-hydrogen) atoms. The molecule has 1 unspecified atom stereocenters. The van der Waals surface area contributed by atoms with Gasteiger partial charge in [0.2, 0.25) is 5.91 Å². The lowest BCUT2D eigenvalue weighted by Gasteiger charge is -2.15. The number of hydroxylamine groups is 1. The van der Waals surface area contributed by atoms with E-state index in [9.17, 15) is 4.79 Å². The van der Waals surface area contributed by atoms with E-state index in [0.29, 0.717) is 6.42 Å². The van der Waals surface area contributed by atoms with Gasteiger partial charge >= 0.3 is 0 Å². The minimum atomic E-state index is -0.323. The van der Waals surface area contributed by atoms with Crippen LogP contribution in [0.15, 0.2) is 29.2 Å². The first-order chi connectivity index (χ1) is 10.2. The third kappa shape index (κ3) is 7.39. The summed E-state index contributed by atoms with van der Waals surface area (Å²) < 4.78 is 5.14. The van der Waals surface area contributed by atoms with Gasteiger partial charge in [0.25, 0.3) is 0 Å². The summed E-state index contributed by atoms with van der Waals surface area (Å²) in [5.41, 5.74) is 1.73. The van der Waals surface area contributed by atoms with Crippen molar-refractivity contribution in [3.8, 4) is 5.75 Å². The molecule has 0 radical (unpaired) electrons. The maximum Gasteiger partial charge on any atom is 0.244 e. The van der Waals surface area contributed by atoms with E-state index in [-0.39, 0.29) is 11.2 Å². The Balaban J connectivity index is 2.54. The van der Waals surface area contributed by atoms with Gasteiger partial charge in [-0.25, -0.2) is 5.48 Å². The predicted molar refractivity (Wildman–Crippen MR) is 85.9 cm³/mol. The van der Waals surface area contributed by atoms with Crippen LogP contribution in [0, 0.1) is 0 Å². The SMILES string of the molecule is CCCCCCC(CC(=O)NO)Sc1ccc(OC)cc1. The van der Waals surface area contributed by atoms with Gasteiger partial charge in [-0.2, -0.15) is 0 Å². The maximum absolute atomic E-state index is 11.4. The number of nitrogens with one attached hydrogen (secondary N) is 1. The number of hydrogen-bond acceptors (Lipinski definition) is 4. The van der Waals surface area contributed by atoms with Crippen molar-refractivity contribution < 1.29 is 14.7 Å². The molecule has 0 bridgehead atoms. The Kier molecular flexibility index (Phi) is 8.94. The summed E-state index contributed by atoms with van der Waals surface area (Å²) in [7, 11) is 1.64. The van der Waals surface area contributed by atoms with E-state index in [1.54, 1.807) is 24.4 Å². The molecule has 5 heteroatoms. The highest BCUT2D eigenvalue weighted by atomic mass is 32.2. The van der Waals surface area contributed by atoms with E-state index in [4.69, 9.17) is 9.94 Å². The van der Waals surface area contributed by atoms with Crippen LogP contribution in [0.25, 0.3) is 0 Å². The Morgan fingerprint density at radius 2 is 2.00 bits per heavy atom. The van der Waals surface area contributed by atoms with Crippen molar-refractivity contribution in [2.24, 2.45) is 0 Å². The molecule has 1 aromatic rings. The van der Waals surface area contributed by atoms with Crippen molar-refractivity contribution in [3.63, 3.8) is 0 Å². The highest BCUT2D eigenvalue weighted by molar-refractivity contribution is 8.00. The first-order valence-corrected chi connectivity index (χ1v) is 8.31. The molecule has 0 aliphatic heterocycles. The molecule has 0 fully saturated rings. The molecule has 0 saturated carbocycles. The summed E-state index contributed by atoms with van der Waals surface area (Å²) in [6, 6.07) is 7.84. The van der Waals surface area contributed by atoms with E-state index < -0.39 is 0 Å². The van der Waals surface area contributed by atoms with Crippen molar-refractivity contribution in [2.45, 2.75) is 55.6 Å². The lowest BCUT2D eigenvalue weighted by atomic mass is 10.1. The average Bonchev–Trinajstić information content (AvgIpc) is 2.52. The fourth-order valence-electron chi connectivity index (χ4n) is 2.10. The van der Waals surface area contributed by atoms with Crippen LogP contribution in [-0.4, -0.2) is 23.5 Å². The van der Waals surface area contributed by atoms with Gasteiger partial charge in [0, 0.05) is 16.6 Å². The van der Waals surface area contributed by atoms with Crippen molar-refractivity contribution in [3.05, 3.63) is 24.3 Å². The van der Waals surface area contributed by atoms with Crippen LogP contribution in [0.2, 0.25) is 0 Å². The number of carbonyl (C=O) groups is 1. The third-order valence-corrected chi connectivity index (χ3v) is 4.56. The number of unbranched alkanes of at least 4 members (excludes halogenated alkanes) is 3. The average molecular weight is 311 g/mol. The van der Waals surface area contributed by atoms with Gasteiger partial charge in [-0.1, -0.05) is 32.6 Å². The van der Waals surface area contributed by atoms with Gasteiger partial charge in [0.1, 0.15) is 5.75 Å². The number of thioether (sulfide) groups is 1. The summed E-state index contributed by atoms with van der Waals surface area (Å²) in [6.07, 6.45) is 6.04. The molecule has 1 rings (SSSR count). The summed E-state index contributed by atoms with van der Waals surface area (Å²) in [6.45, 7) is 2.18. The van der Waals surface area contributed by atoms with Crippen molar-refractivity contribution in [2.75, 3.05) is 7.11 Å². The zero-order chi connectivity index (χ0) is 15.5. The minimum Gasteiger partial charge on any atom is -0.497 e. The molecule has 1 atom stereocenters. The molecule has 0 heterocycles. The first-order valence-electron chi connectivity index (χ1n) is 7.43. The van der Waals surface area contributed by atoms with Crippen LogP contribution >= 0.6 is 11.8 Å². The summed E-state index contributed by atoms with van der Waals surface area (Å²) in [5.74, 6) is 0.503. The Hall–Kier alpha value is -1.20. The Morgan fingerprint density at radius 3 is 2.57 bits per heavy atom. The van der Waals surface area contributed by atoms with Crippen LogP contribution in [0.3, 0.4) is 0 Å². The van der Waals surface area contributed by atoms with E-state index in [1.807, 2.05) is 24.3 Å². The second-order valence-electron chi connectivity index (χ2n) is 5.00. The van der Waals surface area contributed by atoms with Gasteiger partial charge in [-0.3, -0.25) is 10.0 Å². The number of benzene rings is 1. The second kappa shape index (κ2) is 10.5. The number of ether oxygens (including phenoxy) is 1. The van der Waals surface area contributed by atoms with Crippen molar-refractivity contribution in [1.82, 2.24) is 5.48 Å². The Labute approximate surface area is 131 Å². The highest BCUT2D eigenvalue weighted by Gasteiger charge is 2.15. The molecule has 0 saturated heterocycles. The smallest absolute Gasteiger partial charge is 0.244 e. The normalized spacial score (nSPS) is 12.0. The van der Waals surface area contributed by atoms with Crippen LogP contribution in [0.5, 0.6) is 5.75 Å². The monoisotopic (exact) mass is 311 g/mol. The fraction of sp³-hybridized carbons (Fsp3) is 0.562. The summed E-state index contributed by atoms with van der Waals surface area (Å²) in [5, 5.41) is 8.89. The molecule has 0 aliphatic rings. The van der Waals surface area contributed by atoms with Crippen molar-refractivity contribution >= 4 is 17.7 Å². The Morgan fingerprint density at radius 1 is 1.29 bits per heavy atom. The number of methoxy groups -OCH3 is 1. The zero-order valence-electron chi connectivity index (χ0n) is 12.8. The molecule has 1 aromatic carbocycles. The van der Waals surface area contributed by atoms with E-state index in [1.165, 1.54) is 19.3 Å². The predicted octanol–water partition coefficient (Wildman–Crippen LogP) is 4.02. The zero-order valence-corrected chi connectivity index (χ0v) is 13.6. The molecule has 1 amide bonds. The van der Waals surface area contributed by atoms with Crippen LogP contribution in [0.1, 0.15) is 45.4 Å². The molecular weight excluding hydrogens is 286 g/mol. The van der Waals surface area contributed by atoms with E-state index in [2.05, 4.69) is 6.92 Å². The summed E-state index contributed by atoms with van der Waals surface area (Å²) >= 11 is 1.68. The molecule has 2 N–H and O–H groups in total. The second-order valence-corrected chi connectivity index (χ2v) is 6.38. The standard InChI is InChI=1S/C16H25NO3S/c1-3-4-5-6-7-15(12-16(18)17-19)21-14-10-8-13(20-2)9-11-14/h8-11,15,19H,3-7,12H2,1-2H3,(H,17,18). The fourth-order valence-corrected chi connectivity index (χ4v) is 3.30. The van der Waals surface area contributed by atoms with E-state index in [0.717, 1.165) is 23.5 Å². The molecule has 118 valence electrons.